The Kier molecular flexibility index (Phi) is 10.3. The summed E-state index contributed by atoms with van der Waals surface area (Å²) >= 11 is 0. The second-order valence-electron chi connectivity index (χ2n) is 7.64. The first-order valence-electron chi connectivity index (χ1n) is 10.5. The average molecular weight is 391 g/mol. The first-order chi connectivity index (χ1) is 13.6. The Morgan fingerprint density at radius 3 is 2.54 bits per heavy atom. The summed E-state index contributed by atoms with van der Waals surface area (Å²) < 4.78 is 11.1. The van der Waals surface area contributed by atoms with Crippen LogP contribution >= 0.6 is 0 Å². The largest absolute Gasteiger partial charge is 0.379 e. The molecule has 6 nitrogen and oxygen atoms in total. The van der Waals surface area contributed by atoms with Crippen LogP contribution in [-0.4, -0.2) is 63.4 Å². The van der Waals surface area contributed by atoms with Gasteiger partial charge in [-0.2, -0.15) is 0 Å². The summed E-state index contributed by atoms with van der Waals surface area (Å²) in [7, 11) is 1.83. The quantitative estimate of drug-likeness (QED) is 0.475. The highest BCUT2D eigenvalue weighted by molar-refractivity contribution is 5.79. The van der Waals surface area contributed by atoms with Crippen molar-refractivity contribution < 1.29 is 9.47 Å². The van der Waals surface area contributed by atoms with Crippen molar-refractivity contribution >= 4 is 5.96 Å². The van der Waals surface area contributed by atoms with E-state index in [-0.39, 0.29) is 0 Å². The zero-order chi connectivity index (χ0) is 20.2. The molecule has 0 aromatic heterocycles. The van der Waals surface area contributed by atoms with Gasteiger partial charge < -0.3 is 20.1 Å². The number of nitrogens with one attached hydrogen (secondary N) is 2. The van der Waals surface area contributed by atoms with Gasteiger partial charge in [-0.1, -0.05) is 38.1 Å². The summed E-state index contributed by atoms with van der Waals surface area (Å²) in [4.78, 5) is 6.95. The minimum Gasteiger partial charge on any atom is -0.379 e. The summed E-state index contributed by atoms with van der Waals surface area (Å²) in [6, 6.07) is 8.89. The van der Waals surface area contributed by atoms with Gasteiger partial charge in [0.15, 0.2) is 5.96 Å². The van der Waals surface area contributed by atoms with Gasteiger partial charge in [-0.3, -0.25) is 9.89 Å². The van der Waals surface area contributed by atoms with E-state index in [4.69, 9.17) is 9.47 Å². The topological polar surface area (TPSA) is 58.1 Å². The summed E-state index contributed by atoms with van der Waals surface area (Å²) in [5.74, 6) is 1.50. The van der Waals surface area contributed by atoms with E-state index < -0.39 is 0 Å². The van der Waals surface area contributed by atoms with Crippen molar-refractivity contribution in [2.24, 2.45) is 10.9 Å². The van der Waals surface area contributed by atoms with E-state index in [1.807, 2.05) is 14.0 Å². The van der Waals surface area contributed by atoms with Crippen molar-refractivity contribution in [3.05, 3.63) is 35.4 Å². The SMILES string of the molecule is CCOCc1ccccc1CNC(=NC)NCC(CC(C)C)N1CCOCC1. The molecular weight excluding hydrogens is 352 g/mol. The van der Waals surface area contributed by atoms with Crippen LogP contribution < -0.4 is 10.6 Å². The molecule has 6 heteroatoms. The van der Waals surface area contributed by atoms with Crippen molar-refractivity contribution in [1.29, 1.82) is 0 Å². The van der Waals surface area contributed by atoms with Crippen molar-refractivity contribution in [3.8, 4) is 0 Å². The fourth-order valence-corrected chi connectivity index (χ4v) is 3.55. The third-order valence-electron chi connectivity index (χ3n) is 5.06. The van der Waals surface area contributed by atoms with Crippen molar-refractivity contribution in [3.63, 3.8) is 0 Å². The lowest BCUT2D eigenvalue weighted by atomic mass is 10.0. The second kappa shape index (κ2) is 12.8. The molecule has 1 heterocycles. The molecule has 158 valence electrons. The molecule has 1 saturated heterocycles. The molecule has 1 aliphatic rings. The molecule has 0 saturated carbocycles. The zero-order valence-corrected chi connectivity index (χ0v) is 18.0. The average Bonchev–Trinajstić information content (AvgIpc) is 2.72. The standard InChI is InChI=1S/C22H38N4O2/c1-5-27-17-20-9-7-6-8-19(20)15-24-22(23-4)25-16-21(14-18(2)3)26-10-12-28-13-11-26/h6-9,18,21H,5,10-17H2,1-4H3,(H2,23,24,25). The zero-order valence-electron chi connectivity index (χ0n) is 18.0. The van der Waals surface area contributed by atoms with Crippen LogP contribution in [0, 0.1) is 5.92 Å². The van der Waals surface area contributed by atoms with Crippen LogP contribution in [0.5, 0.6) is 0 Å². The van der Waals surface area contributed by atoms with Crippen LogP contribution in [0.15, 0.2) is 29.3 Å². The molecule has 0 spiro atoms. The molecule has 1 unspecified atom stereocenters. The number of hydrogen-bond donors (Lipinski definition) is 2. The fourth-order valence-electron chi connectivity index (χ4n) is 3.55. The van der Waals surface area contributed by atoms with Crippen molar-refractivity contribution in [2.75, 3.05) is 46.5 Å². The summed E-state index contributed by atoms with van der Waals surface area (Å²) in [5.41, 5.74) is 2.46. The van der Waals surface area contributed by atoms with E-state index in [9.17, 15) is 0 Å². The summed E-state index contributed by atoms with van der Waals surface area (Å²) in [6.07, 6.45) is 1.17. The van der Waals surface area contributed by atoms with E-state index >= 15 is 0 Å². The number of benzene rings is 1. The van der Waals surface area contributed by atoms with Gasteiger partial charge in [-0.25, -0.2) is 0 Å². The lowest BCUT2D eigenvalue weighted by Gasteiger charge is -2.35. The van der Waals surface area contributed by atoms with Crippen LogP contribution in [0.25, 0.3) is 0 Å². The van der Waals surface area contributed by atoms with Gasteiger partial charge >= 0.3 is 0 Å². The summed E-state index contributed by atoms with van der Waals surface area (Å²) in [5, 5.41) is 6.98. The van der Waals surface area contributed by atoms with E-state index in [0.717, 1.165) is 52.0 Å². The van der Waals surface area contributed by atoms with Gasteiger partial charge in [-0.15, -0.1) is 0 Å². The van der Waals surface area contributed by atoms with Gasteiger partial charge in [0.2, 0.25) is 0 Å². The van der Waals surface area contributed by atoms with Crippen LogP contribution in [0.2, 0.25) is 0 Å². The maximum absolute atomic E-state index is 5.59. The molecule has 0 bridgehead atoms. The molecule has 2 N–H and O–H groups in total. The van der Waals surface area contributed by atoms with Crippen molar-refractivity contribution in [1.82, 2.24) is 15.5 Å². The monoisotopic (exact) mass is 390 g/mol. The van der Waals surface area contributed by atoms with E-state index in [0.29, 0.717) is 18.6 Å². The Hall–Kier alpha value is -1.63. The normalized spacial score (nSPS) is 17.0. The maximum Gasteiger partial charge on any atom is 0.191 e. The molecular formula is C22H38N4O2. The number of rotatable bonds is 10. The number of morpholine rings is 1. The van der Waals surface area contributed by atoms with Gasteiger partial charge in [0.1, 0.15) is 0 Å². The predicted octanol–water partition coefficient (Wildman–Crippen LogP) is 2.64. The molecule has 28 heavy (non-hydrogen) atoms. The van der Waals surface area contributed by atoms with Gasteiger partial charge in [0.25, 0.3) is 0 Å². The number of guanidine groups is 1. The Morgan fingerprint density at radius 1 is 1.18 bits per heavy atom. The second-order valence-corrected chi connectivity index (χ2v) is 7.64. The van der Waals surface area contributed by atoms with E-state index in [2.05, 4.69) is 58.6 Å². The third-order valence-corrected chi connectivity index (χ3v) is 5.06. The first-order valence-corrected chi connectivity index (χ1v) is 10.5. The molecule has 1 fully saturated rings. The van der Waals surface area contributed by atoms with E-state index in [1.165, 1.54) is 17.5 Å². The molecule has 0 radical (unpaired) electrons. The Morgan fingerprint density at radius 2 is 1.89 bits per heavy atom. The highest BCUT2D eigenvalue weighted by atomic mass is 16.5. The highest BCUT2D eigenvalue weighted by Gasteiger charge is 2.22. The molecule has 0 aliphatic carbocycles. The highest BCUT2D eigenvalue weighted by Crippen LogP contribution is 2.13. The maximum atomic E-state index is 5.59. The van der Waals surface area contributed by atoms with E-state index in [1.54, 1.807) is 0 Å². The Bertz CT molecular complexity index is 586. The Labute approximate surface area is 170 Å². The minimum atomic E-state index is 0.493. The van der Waals surface area contributed by atoms with Gasteiger partial charge in [0.05, 0.1) is 19.8 Å². The van der Waals surface area contributed by atoms with Gasteiger partial charge in [0, 0.05) is 45.9 Å². The number of aliphatic imine (C=N–C) groups is 1. The number of ether oxygens (including phenoxy) is 2. The fraction of sp³-hybridized carbons (Fsp3) is 0.682. The predicted molar refractivity (Wildman–Crippen MR) is 116 cm³/mol. The molecule has 1 aliphatic heterocycles. The van der Waals surface area contributed by atoms with Crippen LogP contribution in [0.4, 0.5) is 0 Å². The van der Waals surface area contributed by atoms with Crippen molar-refractivity contribution in [2.45, 2.75) is 46.4 Å². The number of nitrogens with zero attached hydrogens (tertiary/aromatic N) is 2. The van der Waals surface area contributed by atoms with Crippen LogP contribution in [-0.2, 0) is 22.6 Å². The Balaban J connectivity index is 1.89. The number of hydrogen-bond acceptors (Lipinski definition) is 4. The molecule has 1 aromatic rings. The minimum absolute atomic E-state index is 0.493. The molecule has 1 aromatic carbocycles. The molecule has 1 atom stereocenters. The first kappa shape index (κ1) is 22.7. The smallest absolute Gasteiger partial charge is 0.191 e. The summed E-state index contributed by atoms with van der Waals surface area (Å²) in [6.45, 7) is 13.3. The van der Waals surface area contributed by atoms with Crippen LogP contribution in [0.3, 0.4) is 0 Å². The lowest BCUT2D eigenvalue weighted by Crippen LogP contribution is -2.51. The lowest BCUT2D eigenvalue weighted by molar-refractivity contribution is 0.0132. The molecule has 2 rings (SSSR count). The molecule has 0 amide bonds. The van der Waals surface area contributed by atoms with Crippen LogP contribution in [0.1, 0.15) is 38.3 Å². The van der Waals surface area contributed by atoms with Gasteiger partial charge in [-0.05, 0) is 30.4 Å². The third kappa shape index (κ3) is 7.78.